The molecule has 2 N–H and O–H groups in total. The van der Waals surface area contributed by atoms with Gasteiger partial charge in [0.05, 0.1) is 5.69 Å². The predicted molar refractivity (Wildman–Crippen MR) is 73.3 cm³/mol. The van der Waals surface area contributed by atoms with Crippen LogP contribution in [-0.4, -0.2) is 58.8 Å². The van der Waals surface area contributed by atoms with Gasteiger partial charge in [0.2, 0.25) is 0 Å². The molecule has 5 nitrogen and oxygen atoms in total. The second-order valence-corrected chi connectivity index (χ2v) is 5.17. The molecular weight excluding hydrogens is 226 g/mol. The Morgan fingerprint density at radius 2 is 2.28 bits per heavy atom. The predicted octanol–water partition coefficient (Wildman–Crippen LogP) is 0.368. The highest BCUT2D eigenvalue weighted by Gasteiger charge is 2.24. The maximum absolute atomic E-state index is 5.89. The Hall–Kier alpha value is -0.910. The fourth-order valence-electron chi connectivity index (χ4n) is 2.60. The molecule has 1 aromatic heterocycles. The van der Waals surface area contributed by atoms with E-state index in [1.54, 1.807) is 0 Å². The fourth-order valence-corrected chi connectivity index (χ4v) is 2.60. The van der Waals surface area contributed by atoms with Crippen molar-refractivity contribution in [1.29, 1.82) is 0 Å². The molecule has 2 rings (SSSR count). The van der Waals surface area contributed by atoms with Crippen LogP contribution < -0.4 is 5.73 Å². The molecule has 0 aliphatic carbocycles. The van der Waals surface area contributed by atoms with Gasteiger partial charge in [-0.25, -0.2) is 0 Å². The van der Waals surface area contributed by atoms with Gasteiger partial charge in [-0.1, -0.05) is 6.92 Å². The van der Waals surface area contributed by atoms with E-state index in [1.807, 2.05) is 6.20 Å². The zero-order chi connectivity index (χ0) is 13.0. The van der Waals surface area contributed by atoms with Gasteiger partial charge in [0, 0.05) is 51.5 Å². The standard InChI is InChI=1S/C13H25N5/c1-3-6-18-12(4-5-15-18)11-17-8-7-16(2)10-13(17)9-14/h4-5,13H,3,6-11,14H2,1-2H3. The third-order valence-electron chi connectivity index (χ3n) is 3.68. The summed E-state index contributed by atoms with van der Waals surface area (Å²) < 4.78 is 2.12. The lowest BCUT2D eigenvalue weighted by Crippen LogP contribution is -2.54. The summed E-state index contributed by atoms with van der Waals surface area (Å²) in [6, 6.07) is 2.59. The van der Waals surface area contributed by atoms with Crippen LogP contribution in [0.5, 0.6) is 0 Å². The zero-order valence-electron chi connectivity index (χ0n) is 11.5. The topological polar surface area (TPSA) is 50.3 Å². The summed E-state index contributed by atoms with van der Waals surface area (Å²) >= 11 is 0. The summed E-state index contributed by atoms with van der Waals surface area (Å²) in [7, 11) is 2.17. The lowest BCUT2D eigenvalue weighted by Gasteiger charge is -2.39. The average molecular weight is 251 g/mol. The van der Waals surface area contributed by atoms with Gasteiger partial charge in [-0.3, -0.25) is 9.58 Å². The van der Waals surface area contributed by atoms with Crippen LogP contribution in [0.25, 0.3) is 0 Å². The van der Waals surface area contributed by atoms with E-state index in [0.717, 1.165) is 45.7 Å². The number of hydrogen-bond donors (Lipinski definition) is 1. The number of nitrogens with two attached hydrogens (primary N) is 1. The molecule has 18 heavy (non-hydrogen) atoms. The van der Waals surface area contributed by atoms with Crippen LogP contribution in [0.1, 0.15) is 19.0 Å². The molecule has 0 amide bonds. The van der Waals surface area contributed by atoms with E-state index < -0.39 is 0 Å². The van der Waals surface area contributed by atoms with E-state index in [9.17, 15) is 0 Å². The van der Waals surface area contributed by atoms with Crippen molar-refractivity contribution >= 4 is 0 Å². The summed E-state index contributed by atoms with van der Waals surface area (Å²) in [4.78, 5) is 4.85. The zero-order valence-corrected chi connectivity index (χ0v) is 11.5. The summed E-state index contributed by atoms with van der Waals surface area (Å²) in [6.45, 7) is 8.17. The summed E-state index contributed by atoms with van der Waals surface area (Å²) in [6.07, 6.45) is 3.02. The quantitative estimate of drug-likeness (QED) is 0.821. The van der Waals surface area contributed by atoms with Gasteiger partial charge >= 0.3 is 0 Å². The lowest BCUT2D eigenvalue weighted by atomic mass is 10.1. The minimum absolute atomic E-state index is 0.466. The molecule has 0 saturated carbocycles. The number of likely N-dealkylation sites (N-methyl/N-ethyl adjacent to an activating group) is 1. The van der Waals surface area contributed by atoms with Gasteiger partial charge in [0.1, 0.15) is 0 Å². The van der Waals surface area contributed by atoms with Crippen molar-refractivity contribution in [2.75, 3.05) is 33.2 Å². The van der Waals surface area contributed by atoms with Crippen molar-refractivity contribution in [2.24, 2.45) is 5.73 Å². The molecule has 1 aliphatic rings. The Balaban J connectivity index is 2.00. The van der Waals surface area contributed by atoms with E-state index in [4.69, 9.17) is 5.73 Å². The van der Waals surface area contributed by atoms with E-state index in [2.05, 4.69) is 39.6 Å². The maximum atomic E-state index is 5.89. The van der Waals surface area contributed by atoms with Crippen molar-refractivity contribution in [1.82, 2.24) is 19.6 Å². The third-order valence-corrected chi connectivity index (χ3v) is 3.68. The number of rotatable bonds is 5. The first-order chi connectivity index (χ1) is 8.74. The Labute approximate surface area is 110 Å². The minimum atomic E-state index is 0.466. The van der Waals surface area contributed by atoms with Crippen LogP contribution in [0.4, 0.5) is 0 Å². The van der Waals surface area contributed by atoms with Gasteiger partial charge in [-0.05, 0) is 19.5 Å². The van der Waals surface area contributed by atoms with E-state index in [-0.39, 0.29) is 0 Å². The Morgan fingerprint density at radius 1 is 1.44 bits per heavy atom. The first-order valence-corrected chi connectivity index (χ1v) is 6.88. The third kappa shape index (κ3) is 3.10. The molecule has 1 aliphatic heterocycles. The van der Waals surface area contributed by atoms with Crippen molar-refractivity contribution in [3.8, 4) is 0 Å². The molecule has 1 atom stereocenters. The van der Waals surface area contributed by atoms with Crippen molar-refractivity contribution in [3.63, 3.8) is 0 Å². The smallest absolute Gasteiger partial charge is 0.0524 e. The van der Waals surface area contributed by atoms with Gasteiger partial charge in [-0.2, -0.15) is 5.10 Å². The molecular formula is C13H25N5. The molecule has 1 saturated heterocycles. The summed E-state index contributed by atoms with van der Waals surface area (Å²) in [5, 5.41) is 4.39. The molecule has 0 aromatic carbocycles. The van der Waals surface area contributed by atoms with Crippen LogP contribution in [0.2, 0.25) is 0 Å². The highest BCUT2D eigenvalue weighted by Crippen LogP contribution is 2.12. The molecule has 2 heterocycles. The first kappa shape index (κ1) is 13.5. The Bertz CT molecular complexity index is 362. The number of aromatic nitrogens is 2. The normalized spacial score (nSPS) is 22.5. The fraction of sp³-hybridized carbons (Fsp3) is 0.769. The molecule has 1 unspecified atom stereocenters. The van der Waals surface area contributed by atoms with E-state index >= 15 is 0 Å². The highest BCUT2D eigenvalue weighted by atomic mass is 15.3. The van der Waals surface area contributed by atoms with Gasteiger partial charge in [0.25, 0.3) is 0 Å². The maximum Gasteiger partial charge on any atom is 0.0524 e. The largest absolute Gasteiger partial charge is 0.329 e. The molecule has 102 valence electrons. The minimum Gasteiger partial charge on any atom is -0.329 e. The van der Waals surface area contributed by atoms with Crippen molar-refractivity contribution in [3.05, 3.63) is 18.0 Å². The van der Waals surface area contributed by atoms with Crippen molar-refractivity contribution in [2.45, 2.75) is 32.5 Å². The Kier molecular flexibility index (Phi) is 4.74. The molecule has 0 spiro atoms. The molecule has 0 bridgehead atoms. The Morgan fingerprint density at radius 3 is 3.00 bits per heavy atom. The van der Waals surface area contributed by atoms with Crippen LogP contribution in [0.15, 0.2) is 12.3 Å². The summed E-state index contributed by atoms with van der Waals surface area (Å²) in [5.41, 5.74) is 7.20. The van der Waals surface area contributed by atoms with E-state index in [1.165, 1.54) is 5.69 Å². The second kappa shape index (κ2) is 6.31. The first-order valence-electron chi connectivity index (χ1n) is 6.88. The van der Waals surface area contributed by atoms with E-state index in [0.29, 0.717) is 6.04 Å². The van der Waals surface area contributed by atoms with Crippen molar-refractivity contribution < 1.29 is 0 Å². The molecule has 0 radical (unpaired) electrons. The molecule has 5 heteroatoms. The highest BCUT2D eigenvalue weighted by molar-refractivity contribution is 5.01. The van der Waals surface area contributed by atoms with Gasteiger partial charge in [-0.15, -0.1) is 0 Å². The van der Waals surface area contributed by atoms with Gasteiger partial charge < -0.3 is 10.6 Å². The monoisotopic (exact) mass is 251 g/mol. The van der Waals surface area contributed by atoms with Crippen LogP contribution in [0, 0.1) is 0 Å². The van der Waals surface area contributed by atoms with Crippen LogP contribution >= 0.6 is 0 Å². The number of aryl methyl sites for hydroxylation is 1. The van der Waals surface area contributed by atoms with Gasteiger partial charge in [0.15, 0.2) is 0 Å². The molecule has 1 aromatic rings. The SMILES string of the molecule is CCCn1nccc1CN1CCN(C)CC1CN. The molecule has 1 fully saturated rings. The number of hydrogen-bond acceptors (Lipinski definition) is 4. The number of piperazine rings is 1. The van der Waals surface area contributed by atoms with Crippen LogP contribution in [0.3, 0.4) is 0 Å². The average Bonchev–Trinajstić information content (AvgIpc) is 2.79. The van der Waals surface area contributed by atoms with Crippen LogP contribution in [-0.2, 0) is 13.1 Å². The lowest BCUT2D eigenvalue weighted by molar-refractivity contribution is 0.0856. The number of nitrogens with zero attached hydrogens (tertiary/aromatic N) is 4. The summed E-state index contributed by atoms with van der Waals surface area (Å²) in [5.74, 6) is 0. The second-order valence-electron chi connectivity index (χ2n) is 5.17.